The summed E-state index contributed by atoms with van der Waals surface area (Å²) in [4.78, 5) is 6.78. The first-order valence-electron chi connectivity index (χ1n) is 10.1. The minimum absolute atomic E-state index is 0. The van der Waals surface area contributed by atoms with Crippen molar-refractivity contribution < 1.29 is 8.42 Å². The lowest BCUT2D eigenvalue weighted by Crippen LogP contribution is -2.42. The summed E-state index contributed by atoms with van der Waals surface area (Å²) in [6, 6.07) is 8.75. The molecule has 0 atom stereocenters. The van der Waals surface area contributed by atoms with Crippen molar-refractivity contribution in [2.45, 2.75) is 46.2 Å². The number of hydrogen-bond donors (Lipinski definition) is 2. The zero-order chi connectivity index (χ0) is 20.6. The molecule has 29 heavy (non-hydrogen) atoms. The number of halogens is 1. The minimum atomic E-state index is -2.94. The van der Waals surface area contributed by atoms with Gasteiger partial charge in [0.15, 0.2) is 5.96 Å². The molecule has 1 saturated heterocycles. The summed E-state index contributed by atoms with van der Waals surface area (Å²) in [5.41, 5.74) is 2.45. The van der Waals surface area contributed by atoms with E-state index in [-0.39, 0.29) is 35.1 Å². The first-order chi connectivity index (χ1) is 13.2. The zero-order valence-corrected chi connectivity index (χ0v) is 21.3. The number of hydrogen-bond acceptors (Lipinski definition) is 4. The van der Waals surface area contributed by atoms with E-state index in [1.54, 1.807) is 7.05 Å². The Kier molecular flexibility index (Phi) is 10.9. The van der Waals surface area contributed by atoms with Gasteiger partial charge in [0.2, 0.25) is 0 Å². The second-order valence-corrected chi connectivity index (χ2v) is 10.9. The zero-order valence-electron chi connectivity index (χ0n) is 18.2. The summed E-state index contributed by atoms with van der Waals surface area (Å²) in [7, 11) is -1.19. The van der Waals surface area contributed by atoms with Crippen LogP contribution in [0.15, 0.2) is 29.3 Å². The molecule has 1 fully saturated rings. The molecule has 1 aliphatic heterocycles. The molecule has 0 unspecified atom stereocenters. The Hall–Kier alpha value is -0.870. The average molecular weight is 537 g/mol. The van der Waals surface area contributed by atoms with Crippen molar-refractivity contribution in [3.8, 4) is 0 Å². The van der Waals surface area contributed by atoms with E-state index in [2.05, 4.69) is 58.6 Å². The monoisotopic (exact) mass is 536 g/mol. The van der Waals surface area contributed by atoms with Crippen LogP contribution in [0.25, 0.3) is 0 Å². The second-order valence-electron chi connectivity index (χ2n) is 8.62. The van der Waals surface area contributed by atoms with E-state index in [0.717, 1.165) is 12.5 Å². The topological polar surface area (TPSA) is 73.8 Å². The molecular formula is C21H37IN4O2S. The van der Waals surface area contributed by atoms with Crippen LogP contribution in [0.3, 0.4) is 0 Å². The van der Waals surface area contributed by atoms with Crippen molar-refractivity contribution in [1.29, 1.82) is 0 Å². The third kappa shape index (κ3) is 10.6. The van der Waals surface area contributed by atoms with Gasteiger partial charge in [0.1, 0.15) is 9.84 Å². The number of nitrogens with zero attached hydrogens (tertiary/aromatic N) is 2. The Morgan fingerprint density at radius 1 is 1.10 bits per heavy atom. The van der Waals surface area contributed by atoms with Crippen molar-refractivity contribution >= 4 is 39.8 Å². The van der Waals surface area contributed by atoms with Gasteiger partial charge in [-0.3, -0.25) is 9.89 Å². The summed E-state index contributed by atoms with van der Waals surface area (Å²) in [5, 5.41) is 6.65. The molecular weight excluding hydrogens is 499 g/mol. The lowest BCUT2D eigenvalue weighted by atomic mass is 9.90. The molecule has 2 N–H and O–H groups in total. The van der Waals surface area contributed by atoms with E-state index in [1.807, 2.05) is 0 Å². The molecule has 1 aliphatic rings. The normalized spacial score (nSPS) is 15.8. The Morgan fingerprint density at radius 3 is 2.24 bits per heavy atom. The van der Waals surface area contributed by atoms with Crippen LogP contribution in [-0.2, 0) is 22.9 Å². The predicted molar refractivity (Wildman–Crippen MR) is 133 cm³/mol. The van der Waals surface area contributed by atoms with Gasteiger partial charge >= 0.3 is 0 Å². The Morgan fingerprint density at radius 2 is 1.69 bits per heavy atom. The molecule has 0 radical (unpaired) electrons. The minimum Gasteiger partial charge on any atom is -0.356 e. The summed E-state index contributed by atoms with van der Waals surface area (Å²) in [5.74, 6) is 0.936. The first-order valence-corrected chi connectivity index (χ1v) is 12.2. The molecule has 6 nitrogen and oxygen atoms in total. The third-order valence-electron chi connectivity index (χ3n) is 5.20. The van der Waals surface area contributed by atoms with Crippen LogP contribution in [-0.4, -0.2) is 58.0 Å². The summed E-state index contributed by atoms with van der Waals surface area (Å²) in [6.45, 7) is 8.97. The molecule has 8 heteroatoms. The van der Waals surface area contributed by atoms with Crippen molar-refractivity contribution in [1.82, 2.24) is 15.5 Å². The molecule has 1 aromatic rings. The summed E-state index contributed by atoms with van der Waals surface area (Å²) >= 11 is 0. The van der Waals surface area contributed by atoms with Gasteiger partial charge in [0.05, 0.1) is 5.75 Å². The van der Waals surface area contributed by atoms with Gasteiger partial charge in [-0.15, -0.1) is 24.0 Å². The van der Waals surface area contributed by atoms with E-state index in [4.69, 9.17) is 0 Å². The lowest BCUT2D eigenvalue weighted by Gasteiger charge is -2.25. The van der Waals surface area contributed by atoms with Crippen molar-refractivity contribution in [3.63, 3.8) is 0 Å². The highest BCUT2D eigenvalue weighted by Crippen LogP contribution is 2.19. The number of benzene rings is 1. The largest absolute Gasteiger partial charge is 0.356 e. The van der Waals surface area contributed by atoms with Crippen LogP contribution in [0.2, 0.25) is 0 Å². The van der Waals surface area contributed by atoms with Crippen molar-refractivity contribution in [2.24, 2.45) is 10.4 Å². The molecule has 0 bridgehead atoms. The first kappa shape index (κ1) is 26.2. The molecule has 0 spiro atoms. The lowest BCUT2D eigenvalue weighted by molar-refractivity contribution is 0.331. The fraction of sp³-hybridized carbons (Fsp3) is 0.667. The Balaban J connectivity index is 0.00000420. The van der Waals surface area contributed by atoms with E-state index in [9.17, 15) is 8.42 Å². The van der Waals surface area contributed by atoms with Gasteiger partial charge in [-0.1, -0.05) is 38.1 Å². The highest BCUT2D eigenvalue weighted by Gasteiger charge is 2.20. The highest BCUT2D eigenvalue weighted by molar-refractivity contribution is 14.0. The smallest absolute Gasteiger partial charge is 0.191 e. The van der Waals surface area contributed by atoms with Gasteiger partial charge < -0.3 is 10.6 Å². The van der Waals surface area contributed by atoms with Gasteiger partial charge in [0, 0.05) is 32.9 Å². The Bertz CT molecular complexity index is 742. The molecule has 0 amide bonds. The molecule has 2 rings (SSSR count). The second kappa shape index (κ2) is 12.1. The van der Waals surface area contributed by atoms with Crippen LogP contribution in [0.5, 0.6) is 0 Å². The molecule has 0 aromatic heterocycles. The number of sulfone groups is 1. The van der Waals surface area contributed by atoms with Crippen molar-refractivity contribution in [2.75, 3.05) is 38.7 Å². The fourth-order valence-electron chi connectivity index (χ4n) is 3.24. The molecule has 0 saturated carbocycles. The maximum absolute atomic E-state index is 11.4. The van der Waals surface area contributed by atoms with Crippen LogP contribution < -0.4 is 10.6 Å². The van der Waals surface area contributed by atoms with Crippen molar-refractivity contribution in [3.05, 3.63) is 35.4 Å². The van der Waals surface area contributed by atoms with E-state index in [1.165, 1.54) is 43.3 Å². The maximum atomic E-state index is 11.4. The number of guanidine groups is 1. The SMILES string of the molecule is CN=C(NCc1ccc(CN2CCCC2)cc1)NCC(C)(C)CCS(C)(=O)=O.I. The molecule has 1 heterocycles. The highest BCUT2D eigenvalue weighted by atomic mass is 127. The van der Waals surface area contributed by atoms with E-state index >= 15 is 0 Å². The molecule has 0 aliphatic carbocycles. The number of nitrogens with one attached hydrogen (secondary N) is 2. The van der Waals surface area contributed by atoms with Gasteiger partial charge in [0.25, 0.3) is 0 Å². The standard InChI is InChI=1S/C21H36N4O2S.HI/c1-21(2,11-14-28(4,26)27)17-24-20(22-3)23-15-18-7-9-19(10-8-18)16-25-12-5-6-13-25;/h7-10H,5-6,11-17H2,1-4H3,(H2,22,23,24);1H. The third-order valence-corrected chi connectivity index (χ3v) is 6.14. The van der Waals surface area contributed by atoms with Crippen LogP contribution in [0.1, 0.15) is 44.2 Å². The quantitative estimate of drug-likeness (QED) is 0.289. The van der Waals surface area contributed by atoms with E-state index < -0.39 is 9.84 Å². The molecule has 1 aromatic carbocycles. The average Bonchev–Trinajstić information content (AvgIpc) is 3.14. The van der Waals surface area contributed by atoms with Gasteiger partial charge in [-0.2, -0.15) is 0 Å². The number of likely N-dealkylation sites (tertiary alicyclic amines) is 1. The summed E-state index contributed by atoms with van der Waals surface area (Å²) < 4.78 is 22.8. The van der Waals surface area contributed by atoms with Gasteiger partial charge in [-0.05, 0) is 48.9 Å². The maximum Gasteiger partial charge on any atom is 0.191 e. The van der Waals surface area contributed by atoms with Gasteiger partial charge in [-0.25, -0.2) is 8.42 Å². The predicted octanol–water partition coefficient (Wildman–Crippen LogP) is 3.03. The van der Waals surface area contributed by atoms with E-state index in [0.29, 0.717) is 19.5 Å². The van der Waals surface area contributed by atoms with Crippen LogP contribution >= 0.6 is 24.0 Å². The fourth-order valence-corrected chi connectivity index (χ4v) is 4.16. The van der Waals surface area contributed by atoms with Crippen LogP contribution in [0, 0.1) is 5.41 Å². The molecule has 166 valence electrons. The van der Waals surface area contributed by atoms with Crippen LogP contribution in [0.4, 0.5) is 0 Å². The number of rotatable bonds is 9. The number of aliphatic imine (C=N–C) groups is 1. The Labute approximate surface area is 193 Å². The summed E-state index contributed by atoms with van der Waals surface area (Å²) in [6.07, 6.45) is 4.54.